The summed E-state index contributed by atoms with van der Waals surface area (Å²) in [6, 6.07) is 21.5. The SMILES string of the molecule is Cc1cccc(N(C(=O)c2snc(C(N)=O)c2N)[C@H](C(=O)NCc2ccccc2)c2ccc(N(C)C)cc2)c1C. The fraction of sp³-hybridized carbons (Fsp3) is 0.200. The fourth-order valence-corrected chi connectivity index (χ4v) is 5.10. The molecular weight excluding hydrogens is 524 g/mol. The molecule has 3 amide bonds. The van der Waals surface area contributed by atoms with E-state index in [1.807, 2.05) is 99.6 Å². The van der Waals surface area contributed by atoms with Gasteiger partial charge < -0.3 is 21.7 Å². The van der Waals surface area contributed by atoms with E-state index < -0.39 is 17.9 Å². The number of aromatic nitrogens is 1. The minimum atomic E-state index is -1.06. The van der Waals surface area contributed by atoms with E-state index >= 15 is 0 Å². The van der Waals surface area contributed by atoms with Gasteiger partial charge in [0.05, 0.1) is 5.69 Å². The fourth-order valence-electron chi connectivity index (χ4n) is 4.36. The maximum Gasteiger partial charge on any atom is 0.273 e. The van der Waals surface area contributed by atoms with Crippen molar-refractivity contribution in [2.75, 3.05) is 29.6 Å². The zero-order valence-electron chi connectivity index (χ0n) is 22.8. The lowest BCUT2D eigenvalue weighted by Crippen LogP contribution is -2.44. The number of rotatable bonds is 9. The average Bonchev–Trinajstić information content (AvgIpc) is 3.34. The molecule has 5 N–H and O–H groups in total. The largest absolute Gasteiger partial charge is 0.395 e. The third-order valence-electron chi connectivity index (χ3n) is 6.75. The van der Waals surface area contributed by atoms with Gasteiger partial charge in [-0.1, -0.05) is 54.6 Å². The third-order valence-corrected chi connectivity index (χ3v) is 7.60. The van der Waals surface area contributed by atoms with E-state index in [0.717, 1.165) is 33.9 Å². The highest BCUT2D eigenvalue weighted by atomic mass is 32.1. The monoisotopic (exact) mass is 556 g/mol. The molecular formula is C30H32N6O3S. The lowest BCUT2D eigenvalue weighted by atomic mass is 9.99. The van der Waals surface area contributed by atoms with Gasteiger partial charge in [0.25, 0.3) is 11.8 Å². The number of aryl methyl sites for hydroxylation is 1. The maximum absolute atomic E-state index is 14.3. The number of anilines is 3. The highest BCUT2D eigenvalue weighted by Gasteiger charge is 2.36. The summed E-state index contributed by atoms with van der Waals surface area (Å²) in [5.74, 6) is -1.77. The van der Waals surface area contributed by atoms with Crippen molar-refractivity contribution in [2.45, 2.75) is 26.4 Å². The van der Waals surface area contributed by atoms with Gasteiger partial charge in [-0.3, -0.25) is 19.3 Å². The highest BCUT2D eigenvalue weighted by Crippen LogP contribution is 2.36. The number of carbonyl (C=O) groups is 3. The van der Waals surface area contributed by atoms with Crippen LogP contribution in [0, 0.1) is 13.8 Å². The molecule has 40 heavy (non-hydrogen) atoms. The molecule has 1 atom stereocenters. The van der Waals surface area contributed by atoms with Gasteiger partial charge in [-0.2, -0.15) is 4.37 Å². The summed E-state index contributed by atoms with van der Waals surface area (Å²) in [6.45, 7) is 4.10. The molecule has 0 bridgehead atoms. The lowest BCUT2D eigenvalue weighted by Gasteiger charge is -2.33. The summed E-state index contributed by atoms with van der Waals surface area (Å²) in [5.41, 5.74) is 16.1. The molecule has 4 rings (SSSR count). The number of nitrogens with zero attached hydrogens (tertiary/aromatic N) is 3. The molecule has 0 aliphatic heterocycles. The Morgan fingerprint density at radius 2 is 1.62 bits per heavy atom. The predicted molar refractivity (Wildman–Crippen MR) is 160 cm³/mol. The van der Waals surface area contributed by atoms with Crippen molar-refractivity contribution in [3.05, 3.63) is 106 Å². The summed E-state index contributed by atoms with van der Waals surface area (Å²) in [7, 11) is 3.85. The van der Waals surface area contributed by atoms with Crippen LogP contribution >= 0.6 is 11.5 Å². The summed E-state index contributed by atoms with van der Waals surface area (Å²) >= 11 is 0.781. The Bertz CT molecular complexity index is 1530. The molecule has 0 spiro atoms. The van der Waals surface area contributed by atoms with Gasteiger partial charge in [0.1, 0.15) is 10.9 Å². The van der Waals surface area contributed by atoms with Crippen LogP contribution in [0.4, 0.5) is 17.1 Å². The second kappa shape index (κ2) is 12.0. The first-order valence-corrected chi connectivity index (χ1v) is 13.4. The summed E-state index contributed by atoms with van der Waals surface area (Å²) in [4.78, 5) is 43.6. The maximum atomic E-state index is 14.3. The zero-order valence-corrected chi connectivity index (χ0v) is 23.7. The van der Waals surface area contributed by atoms with Gasteiger partial charge in [-0.05, 0) is 65.8 Å². The van der Waals surface area contributed by atoms with Crippen molar-refractivity contribution in [1.82, 2.24) is 9.69 Å². The Morgan fingerprint density at radius 3 is 2.23 bits per heavy atom. The number of carbonyl (C=O) groups excluding carboxylic acids is 3. The van der Waals surface area contributed by atoms with Gasteiger partial charge >= 0.3 is 0 Å². The molecule has 0 saturated heterocycles. The van der Waals surface area contributed by atoms with E-state index in [9.17, 15) is 14.4 Å². The minimum Gasteiger partial charge on any atom is -0.395 e. The van der Waals surface area contributed by atoms with E-state index in [1.165, 1.54) is 4.90 Å². The van der Waals surface area contributed by atoms with Crippen LogP contribution in [-0.4, -0.2) is 36.2 Å². The van der Waals surface area contributed by atoms with Crippen molar-refractivity contribution < 1.29 is 14.4 Å². The quantitative estimate of drug-likeness (QED) is 0.283. The molecule has 0 saturated carbocycles. The van der Waals surface area contributed by atoms with Crippen molar-refractivity contribution in [3.63, 3.8) is 0 Å². The lowest BCUT2D eigenvalue weighted by molar-refractivity contribution is -0.122. The second-order valence-corrected chi connectivity index (χ2v) is 10.4. The number of hydrogen-bond acceptors (Lipinski definition) is 7. The Labute approximate surface area is 237 Å². The van der Waals surface area contributed by atoms with E-state index in [2.05, 4.69) is 9.69 Å². The smallest absolute Gasteiger partial charge is 0.273 e. The minimum absolute atomic E-state index is 0.0282. The standard InChI is InChI=1S/C30H32N6O3S/c1-18-9-8-12-23(19(18)2)36(30(39)27-24(31)25(28(32)37)34-40-27)26(21-13-15-22(16-14-21)35(3)4)29(38)33-17-20-10-6-5-7-11-20/h5-16,26H,17,31H2,1-4H3,(H2,32,37)(H,33,38)/t26-/m0/s1. The number of primary amides is 1. The molecule has 0 radical (unpaired) electrons. The first kappa shape index (κ1) is 28.3. The molecule has 10 heteroatoms. The molecule has 3 aromatic carbocycles. The topological polar surface area (TPSA) is 135 Å². The Kier molecular flexibility index (Phi) is 8.49. The Balaban J connectivity index is 1.88. The molecule has 9 nitrogen and oxygen atoms in total. The van der Waals surface area contributed by atoms with E-state index in [4.69, 9.17) is 11.5 Å². The first-order valence-electron chi connectivity index (χ1n) is 12.6. The first-order chi connectivity index (χ1) is 19.1. The Hall–Kier alpha value is -4.70. The normalized spacial score (nSPS) is 11.5. The van der Waals surface area contributed by atoms with Gasteiger partial charge in [0.2, 0.25) is 5.91 Å². The van der Waals surface area contributed by atoms with Crippen molar-refractivity contribution >= 4 is 46.3 Å². The summed E-state index contributed by atoms with van der Waals surface area (Å²) < 4.78 is 4.02. The van der Waals surface area contributed by atoms with Crippen LogP contribution in [0.5, 0.6) is 0 Å². The number of amides is 3. The Morgan fingerprint density at radius 1 is 0.950 bits per heavy atom. The van der Waals surface area contributed by atoms with Crippen molar-refractivity contribution in [2.24, 2.45) is 5.73 Å². The third kappa shape index (κ3) is 5.81. The van der Waals surface area contributed by atoms with Crippen LogP contribution in [0.2, 0.25) is 0 Å². The van der Waals surface area contributed by atoms with Gasteiger partial charge in [-0.25, -0.2) is 0 Å². The second-order valence-electron chi connectivity index (χ2n) is 9.62. The molecule has 0 fully saturated rings. The van der Waals surface area contributed by atoms with Gasteiger partial charge in [0.15, 0.2) is 5.69 Å². The van der Waals surface area contributed by atoms with Crippen LogP contribution in [0.15, 0.2) is 72.8 Å². The number of nitrogen functional groups attached to an aromatic ring is 1. The van der Waals surface area contributed by atoms with E-state index in [-0.39, 0.29) is 28.7 Å². The van der Waals surface area contributed by atoms with Gasteiger partial charge in [0, 0.05) is 32.0 Å². The average molecular weight is 557 g/mol. The van der Waals surface area contributed by atoms with Crippen LogP contribution in [-0.2, 0) is 11.3 Å². The highest BCUT2D eigenvalue weighted by molar-refractivity contribution is 7.09. The molecule has 4 aromatic rings. The molecule has 206 valence electrons. The van der Waals surface area contributed by atoms with Crippen molar-refractivity contribution in [1.29, 1.82) is 0 Å². The predicted octanol–water partition coefficient (Wildman–Crippen LogP) is 4.21. The zero-order chi connectivity index (χ0) is 29.0. The van der Waals surface area contributed by atoms with Gasteiger partial charge in [-0.15, -0.1) is 0 Å². The van der Waals surface area contributed by atoms with Crippen LogP contribution in [0.3, 0.4) is 0 Å². The van der Waals surface area contributed by atoms with Crippen molar-refractivity contribution in [3.8, 4) is 0 Å². The van der Waals surface area contributed by atoms with E-state index in [0.29, 0.717) is 11.3 Å². The molecule has 1 heterocycles. The summed E-state index contributed by atoms with van der Waals surface area (Å²) in [5, 5.41) is 3.00. The van der Waals surface area contributed by atoms with Crippen LogP contribution in [0.25, 0.3) is 0 Å². The molecule has 0 aliphatic carbocycles. The number of nitrogens with two attached hydrogens (primary N) is 2. The number of benzene rings is 3. The number of nitrogens with one attached hydrogen (secondary N) is 1. The van der Waals surface area contributed by atoms with E-state index in [1.54, 1.807) is 6.07 Å². The van der Waals surface area contributed by atoms with Crippen LogP contribution in [0.1, 0.15) is 48.5 Å². The molecule has 0 aliphatic rings. The summed E-state index contributed by atoms with van der Waals surface area (Å²) in [6.07, 6.45) is 0. The molecule has 0 unspecified atom stereocenters. The number of hydrogen-bond donors (Lipinski definition) is 3. The molecule has 1 aromatic heterocycles. The van der Waals surface area contributed by atoms with Crippen LogP contribution < -0.4 is 26.6 Å².